The van der Waals surface area contributed by atoms with Crippen molar-refractivity contribution in [3.05, 3.63) is 58.9 Å². The normalized spacial score (nSPS) is 30.7. The highest BCUT2D eigenvalue weighted by molar-refractivity contribution is 5.52. The van der Waals surface area contributed by atoms with E-state index in [1.165, 1.54) is 12.1 Å². The molecule has 3 heteroatoms. The van der Waals surface area contributed by atoms with Gasteiger partial charge in [-0.3, -0.25) is 0 Å². The molecular formula is C15H15FO2. The molecule has 1 fully saturated rings. The predicted molar refractivity (Wildman–Crippen MR) is 66.3 cm³/mol. The van der Waals surface area contributed by atoms with Gasteiger partial charge in [0.15, 0.2) is 0 Å². The third-order valence-corrected chi connectivity index (χ3v) is 3.84. The molecule has 3 rings (SSSR count). The van der Waals surface area contributed by atoms with Gasteiger partial charge in [0.2, 0.25) is 0 Å². The minimum atomic E-state index is -1.60. The van der Waals surface area contributed by atoms with Gasteiger partial charge in [-0.05, 0) is 30.1 Å². The summed E-state index contributed by atoms with van der Waals surface area (Å²) in [4.78, 5) is 0. The van der Waals surface area contributed by atoms with E-state index >= 15 is 0 Å². The number of hydrogen-bond acceptors (Lipinski definition) is 2. The van der Waals surface area contributed by atoms with Gasteiger partial charge in [0.1, 0.15) is 11.4 Å². The van der Waals surface area contributed by atoms with Crippen LogP contribution in [0.5, 0.6) is 0 Å². The summed E-state index contributed by atoms with van der Waals surface area (Å²) in [7, 11) is 0. The molecule has 94 valence electrons. The summed E-state index contributed by atoms with van der Waals surface area (Å²) in [6.07, 6.45) is 5.08. The molecule has 2 N–H and O–H groups in total. The van der Waals surface area contributed by atoms with Crippen molar-refractivity contribution < 1.29 is 14.6 Å². The first-order chi connectivity index (χ1) is 8.64. The van der Waals surface area contributed by atoms with Crippen LogP contribution in [0.15, 0.2) is 47.6 Å². The SMILES string of the molecule is OC1CC2=CCCC=C2C1(O)c1ccccc1F. The third kappa shape index (κ3) is 1.48. The number of aliphatic hydroxyl groups excluding tert-OH is 1. The Morgan fingerprint density at radius 3 is 2.67 bits per heavy atom. The van der Waals surface area contributed by atoms with Gasteiger partial charge in [-0.2, -0.15) is 0 Å². The topological polar surface area (TPSA) is 40.5 Å². The van der Waals surface area contributed by atoms with Gasteiger partial charge in [-0.1, -0.05) is 30.4 Å². The van der Waals surface area contributed by atoms with Gasteiger partial charge >= 0.3 is 0 Å². The van der Waals surface area contributed by atoms with Crippen LogP contribution in [0, 0.1) is 5.82 Å². The lowest BCUT2D eigenvalue weighted by Gasteiger charge is -2.29. The van der Waals surface area contributed by atoms with Crippen LogP contribution >= 0.6 is 0 Å². The monoisotopic (exact) mass is 246 g/mol. The summed E-state index contributed by atoms with van der Waals surface area (Å²) in [5, 5.41) is 21.0. The number of rotatable bonds is 1. The van der Waals surface area contributed by atoms with Crippen molar-refractivity contribution in [3.8, 4) is 0 Å². The Kier molecular flexibility index (Phi) is 2.61. The van der Waals surface area contributed by atoms with E-state index in [0.717, 1.165) is 18.4 Å². The average Bonchev–Trinajstić information content (AvgIpc) is 2.63. The van der Waals surface area contributed by atoms with Gasteiger partial charge in [-0.25, -0.2) is 4.39 Å². The van der Waals surface area contributed by atoms with E-state index in [-0.39, 0.29) is 5.56 Å². The molecule has 0 aromatic heterocycles. The Labute approximate surface area is 105 Å². The predicted octanol–water partition coefficient (Wildman–Crippen LogP) is 2.42. The molecule has 0 saturated heterocycles. The van der Waals surface area contributed by atoms with E-state index in [1.54, 1.807) is 12.1 Å². The van der Waals surface area contributed by atoms with Crippen LogP contribution in [-0.4, -0.2) is 16.3 Å². The Bertz CT molecular complexity index is 547. The van der Waals surface area contributed by atoms with E-state index in [0.29, 0.717) is 12.0 Å². The van der Waals surface area contributed by atoms with Crippen molar-refractivity contribution >= 4 is 0 Å². The molecule has 2 atom stereocenters. The summed E-state index contributed by atoms with van der Waals surface area (Å²) in [5.41, 5.74) is 0.178. The molecule has 1 aromatic carbocycles. The first-order valence-electron chi connectivity index (χ1n) is 6.19. The maximum absolute atomic E-state index is 13.9. The van der Waals surface area contributed by atoms with Crippen molar-refractivity contribution in [2.75, 3.05) is 0 Å². The molecular weight excluding hydrogens is 231 g/mol. The summed E-state index contributed by atoms with van der Waals surface area (Å²) in [6, 6.07) is 6.10. The van der Waals surface area contributed by atoms with Crippen LogP contribution < -0.4 is 0 Å². The van der Waals surface area contributed by atoms with Crippen molar-refractivity contribution in [1.82, 2.24) is 0 Å². The van der Waals surface area contributed by atoms with Crippen LogP contribution in [0.2, 0.25) is 0 Å². The number of hydrogen-bond donors (Lipinski definition) is 2. The van der Waals surface area contributed by atoms with Crippen molar-refractivity contribution in [3.63, 3.8) is 0 Å². The fourth-order valence-corrected chi connectivity index (χ4v) is 2.95. The zero-order valence-electron chi connectivity index (χ0n) is 9.94. The number of aliphatic hydroxyl groups is 2. The molecule has 0 bridgehead atoms. The maximum atomic E-state index is 13.9. The second-order valence-corrected chi connectivity index (χ2v) is 4.89. The Morgan fingerprint density at radius 2 is 1.89 bits per heavy atom. The molecule has 18 heavy (non-hydrogen) atoms. The summed E-state index contributed by atoms with van der Waals surface area (Å²) >= 11 is 0. The lowest BCUT2D eigenvalue weighted by Crippen LogP contribution is -2.37. The molecule has 0 spiro atoms. The molecule has 1 aromatic rings. The van der Waals surface area contributed by atoms with Gasteiger partial charge in [-0.15, -0.1) is 0 Å². The maximum Gasteiger partial charge on any atom is 0.143 e. The number of benzene rings is 1. The first kappa shape index (κ1) is 11.6. The number of allylic oxidation sites excluding steroid dienone is 2. The highest BCUT2D eigenvalue weighted by atomic mass is 19.1. The Morgan fingerprint density at radius 1 is 1.17 bits per heavy atom. The summed E-state index contributed by atoms with van der Waals surface area (Å²) < 4.78 is 13.9. The van der Waals surface area contributed by atoms with Crippen LogP contribution in [-0.2, 0) is 5.60 Å². The average molecular weight is 246 g/mol. The van der Waals surface area contributed by atoms with Crippen LogP contribution in [0.3, 0.4) is 0 Å². The fourth-order valence-electron chi connectivity index (χ4n) is 2.95. The van der Waals surface area contributed by atoms with Crippen LogP contribution in [0.1, 0.15) is 24.8 Å². The lowest BCUT2D eigenvalue weighted by atomic mass is 9.84. The number of halogens is 1. The molecule has 0 aliphatic heterocycles. The molecule has 1 saturated carbocycles. The van der Waals surface area contributed by atoms with Gasteiger partial charge in [0, 0.05) is 12.0 Å². The third-order valence-electron chi connectivity index (χ3n) is 3.84. The van der Waals surface area contributed by atoms with Crippen molar-refractivity contribution in [2.45, 2.75) is 31.0 Å². The Balaban J connectivity index is 2.17. The second-order valence-electron chi connectivity index (χ2n) is 4.89. The molecule has 0 amide bonds. The quantitative estimate of drug-likeness (QED) is 0.799. The highest BCUT2D eigenvalue weighted by Gasteiger charge is 2.49. The zero-order valence-corrected chi connectivity index (χ0v) is 9.94. The molecule has 0 heterocycles. The molecule has 2 unspecified atom stereocenters. The van der Waals surface area contributed by atoms with E-state index in [4.69, 9.17) is 0 Å². The first-order valence-corrected chi connectivity index (χ1v) is 6.19. The molecule has 2 aliphatic rings. The lowest BCUT2D eigenvalue weighted by molar-refractivity contribution is -0.0359. The summed E-state index contributed by atoms with van der Waals surface area (Å²) in [5.74, 6) is -0.480. The van der Waals surface area contributed by atoms with Crippen molar-refractivity contribution in [2.24, 2.45) is 0 Å². The standard InChI is InChI=1S/C15H15FO2/c16-13-8-4-3-7-12(13)15(18)11-6-2-1-5-10(11)9-14(15)17/h3-8,14,17-18H,1-2,9H2. The minimum absolute atomic E-state index is 0.161. The second kappa shape index (κ2) is 4.04. The molecule has 2 aliphatic carbocycles. The van der Waals surface area contributed by atoms with Crippen LogP contribution in [0.25, 0.3) is 0 Å². The van der Waals surface area contributed by atoms with E-state index in [1.807, 2.05) is 12.2 Å². The smallest absolute Gasteiger partial charge is 0.143 e. The van der Waals surface area contributed by atoms with Gasteiger partial charge in [0.05, 0.1) is 6.10 Å². The van der Waals surface area contributed by atoms with Gasteiger partial charge in [0.25, 0.3) is 0 Å². The largest absolute Gasteiger partial charge is 0.389 e. The van der Waals surface area contributed by atoms with Gasteiger partial charge < -0.3 is 10.2 Å². The fraction of sp³-hybridized carbons (Fsp3) is 0.333. The highest BCUT2D eigenvalue weighted by Crippen LogP contribution is 2.48. The van der Waals surface area contributed by atoms with Crippen LogP contribution in [0.4, 0.5) is 4.39 Å². The van der Waals surface area contributed by atoms with E-state index in [9.17, 15) is 14.6 Å². The van der Waals surface area contributed by atoms with E-state index < -0.39 is 17.5 Å². The summed E-state index contributed by atoms with van der Waals surface area (Å²) in [6.45, 7) is 0. The number of fused-ring (bicyclic) bond motifs is 1. The zero-order chi connectivity index (χ0) is 12.8. The minimum Gasteiger partial charge on any atom is -0.389 e. The molecule has 2 nitrogen and oxygen atoms in total. The molecule has 0 radical (unpaired) electrons. The van der Waals surface area contributed by atoms with Crippen molar-refractivity contribution in [1.29, 1.82) is 0 Å². The Hall–Kier alpha value is -1.45. The van der Waals surface area contributed by atoms with E-state index in [2.05, 4.69) is 0 Å².